The van der Waals surface area contributed by atoms with Gasteiger partial charge in [0.25, 0.3) is 11.8 Å². The third kappa shape index (κ3) is 5.68. The van der Waals surface area contributed by atoms with E-state index in [-0.39, 0.29) is 18.2 Å². The summed E-state index contributed by atoms with van der Waals surface area (Å²) in [6.07, 6.45) is 0.112. The maximum absolute atomic E-state index is 12.4. The number of hydrogen-bond donors (Lipinski definition) is 3. The molecule has 0 aliphatic heterocycles. The first-order valence-electron chi connectivity index (χ1n) is 9.23. The molecule has 0 heterocycles. The molecule has 3 aromatic rings. The van der Waals surface area contributed by atoms with Crippen molar-refractivity contribution >= 4 is 35.0 Å². The minimum absolute atomic E-state index is 0.112. The van der Waals surface area contributed by atoms with Gasteiger partial charge in [0.05, 0.1) is 6.42 Å². The van der Waals surface area contributed by atoms with Crippen LogP contribution in [0.25, 0.3) is 0 Å². The van der Waals surface area contributed by atoms with Crippen molar-refractivity contribution in [2.75, 3.05) is 5.32 Å². The Hall–Kier alpha value is -3.64. The van der Waals surface area contributed by atoms with Crippen LogP contribution in [0.5, 0.6) is 0 Å². The predicted octanol–water partition coefficient (Wildman–Crippen LogP) is 3.90. The second kappa shape index (κ2) is 9.71. The molecule has 0 atom stereocenters. The minimum atomic E-state index is -0.462. The molecule has 6 nitrogen and oxygen atoms in total. The fraction of sp³-hybridized carbons (Fsp3) is 0.0870. The number of hydrogen-bond acceptors (Lipinski definition) is 3. The van der Waals surface area contributed by atoms with Crippen molar-refractivity contribution in [1.29, 1.82) is 0 Å². The molecule has 0 radical (unpaired) electrons. The summed E-state index contributed by atoms with van der Waals surface area (Å²) in [5, 5.41) is 3.39. The number of halogens is 1. The monoisotopic (exact) mass is 421 g/mol. The molecule has 3 N–H and O–H groups in total. The van der Waals surface area contributed by atoms with E-state index in [0.717, 1.165) is 11.1 Å². The van der Waals surface area contributed by atoms with Crippen LogP contribution in [-0.2, 0) is 11.2 Å². The van der Waals surface area contributed by atoms with Crippen LogP contribution in [0.1, 0.15) is 31.8 Å². The van der Waals surface area contributed by atoms with Crippen LogP contribution in [-0.4, -0.2) is 17.7 Å². The van der Waals surface area contributed by atoms with Gasteiger partial charge in [0, 0.05) is 21.8 Å². The van der Waals surface area contributed by atoms with Gasteiger partial charge in [0.15, 0.2) is 0 Å². The maximum Gasteiger partial charge on any atom is 0.269 e. The van der Waals surface area contributed by atoms with Crippen molar-refractivity contribution in [2.45, 2.75) is 13.3 Å². The van der Waals surface area contributed by atoms with Crippen LogP contribution in [0.3, 0.4) is 0 Å². The van der Waals surface area contributed by atoms with E-state index < -0.39 is 5.91 Å². The highest BCUT2D eigenvalue weighted by Crippen LogP contribution is 2.14. The highest BCUT2D eigenvalue weighted by atomic mass is 35.5. The second-order valence-electron chi connectivity index (χ2n) is 6.65. The number of benzene rings is 3. The van der Waals surface area contributed by atoms with Gasteiger partial charge in [0.2, 0.25) is 5.91 Å². The number of carbonyl (C=O) groups excluding carboxylic acids is 3. The number of anilines is 1. The van der Waals surface area contributed by atoms with E-state index in [2.05, 4.69) is 16.2 Å². The third-order valence-electron chi connectivity index (χ3n) is 4.39. The van der Waals surface area contributed by atoms with Gasteiger partial charge in [-0.25, -0.2) is 0 Å². The Morgan fingerprint density at radius 1 is 0.800 bits per heavy atom. The summed E-state index contributed by atoms with van der Waals surface area (Å²) >= 11 is 5.81. The van der Waals surface area contributed by atoms with E-state index in [9.17, 15) is 14.4 Å². The lowest BCUT2D eigenvalue weighted by Crippen LogP contribution is -2.42. The molecule has 0 aliphatic rings. The Labute approximate surface area is 179 Å². The zero-order chi connectivity index (χ0) is 21.5. The lowest BCUT2D eigenvalue weighted by atomic mass is 10.1. The lowest BCUT2D eigenvalue weighted by Gasteiger charge is -2.10. The lowest BCUT2D eigenvalue weighted by molar-refractivity contribution is -0.121. The quantitative estimate of drug-likeness (QED) is 0.546. The zero-order valence-corrected chi connectivity index (χ0v) is 17.0. The Morgan fingerprint density at radius 3 is 2.13 bits per heavy atom. The molecule has 0 saturated heterocycles. The fourth-order valence-electron chi connectivity index (χ4n) is 2.76. The van der Waals surface area contributed by atoms with Gasteiger partial charge in [-0.3, -0.25) is 25.2 Å². The van der Waals surface area contributed by atoms with Crippen molar-refractivity contribution in [3.63, 3.8) is 0 Å². The topological polar surface area (TPSA) is 87.3 Å². The van der Waals surface area contributed by atoms with Crippen molar-refractivity contribution < 1.29 is 14.4 Å². The van der Waals surface area contributed by atoms with Crippen LogP contribution in [0.4, 0.5) is 5.69 Å². The zero-order valence-electron chi connectivity index (χ0n) is 16.2. The van der Waals surface area contributed by atoms with Gasteiger partial charge in [-0.1, -0.05) is 41.9 Å². The molecule has 0 aromatic heterocycles. The Balaban J connectivity index is 1.52. The summed E-state index contributed by atoms with van der Waals surface area (Å²) in [5.41, 5.74) is 7.89. The first-order chi connectivity index (χ1) is 14.4. The van der Waals surface area contributed by atoms with Crippen molar-refractivity contribution in [1.82, 2.24) is 10.9 Å². The maximum atomic E-state index is 12.4. The molecule has 152 valence electrons. The first kappa shape index (κ1) is 21.1. The molecule has 0 bridgehead atoms. The minimum Gasteiger partial charge on any atom is -0.322 e. The van der Waals surface area contributed by atoms with Gasteiger partial charge >= 0.3 is 0 Å². The van der Waals surface area contributed by atoms with Gasteiger partial charge in [-0.05, 0) is 60.5 Å². The Bertz CT molecular complexity index is 1060. The highest BCUT2D eigenvalue weighted by molar-refractivity contribution is 6.30. The molecule has 0 saturated carbocycles. The van der Waals surface area contributed by atoms with Crippen LogP contribution in [0.15, 0.2) is 72.8 Å². The van der Waals surface area contributed by atoms with Crippen LogP contribution in [0.2, 0.25) is 5.02 Å². The predicted molar refractivity (Wildman–Crippen MR) is 116 cm³/mol. The van der Waals surface area contributed by atoms with Gasteiger partial charge in [-0.2, -0.15) is 0 Å². The molecule has 3 amide bonds. The van der Waals surface area contributed by atoms with E-state index in [1.165, 1.54) is 0 Å². The Kier molecular flexibility index (Phi) is 6.83. The summed E-state index contributed by atoms with van der Waals surface area (Å²) in [7, 11) is 0. The molecule has 3 aromatic carbocycles. The van der Waals surface area contributed by atoms with E-state index in [1.54, 1.807) is 60.7 Å². The number of carbonyl (C=O) groups is 3. The Morgan fingerprint density at radius 2 is 1.47 bits per heavy atom. The summed E-state index contributed by atoms with van der Waals surface area (Å²) in [4.78, 5) is 36.5. The van der Waals surface area contributed by atoms with Crippen molar-refractivity contribution in [3.8, 4) is 0 Å². The van der Waals surface area contributed by atoms with Crippen LogP contribution >= 0.6 is 11.6 Å². The van der Waals surface area contributed by atoms with E-state index in [1.807, 2.05) is 19.1 Å². The smallest absolute Gasteiger partial charge is 0.269 e. The normalized spacial score (nSPS) is 10.2. The van der Waals surface area contributed by atoms with Gasteiger partial charge < -0.3 is 5.32 Å². The standard InChI is InChI=1S/C23H20ClN3O3/c1-15-4-2-3-5-20(15)23(30)25-19-12-8-17(9-13-19)22(29)27-26-21(28)14-16-6-10-18(24)11-7-16/h2-13H,14H2,1H3,(H,25,30)(H,26,28)(H,27,29). The van der Waals surface area contributed by atoms with Crippen LogP contribution in [0, 0.1) is 6.92 Å². The average Bonchev–Trinajstić information content (AvgIpc) is 2.74. The number of amides is 3. The molecular weight excluding hydrogens is 402 g/mol. The molecule has 0 aliphatic carbocycles. The van der Waals surface area contributed by atoms with Gasteiger partial charge in [0.1, 0.15) is 0 Å². The molecule has 3 rings (SSSR count). The molecule has 30 heavy (non-hydrogen) atoms. The number of hydrazine groups is 1. The number of aryl methyl sites for hydroxylation is 1. The fourth-order valence-corrected chi connectivity index (χ4v) is 2.89. The summed E-state index contributed by atoms with van der Waals surface area (Å²) < 4.78 is 0. The van der Waals surface area contributed by atoms with E-state index >= 15 is 0 Å². The van der Waals surface area contributed by atoms with Gasteiger partial charge in [-0.15, -0.1) is 0 Å². The molecular formula is C23H20ClN3O3. The highest BCUT2D eigenvalue weighted by Gasteiger charge is 2.11. The molecule has 7 heteroatoms. The SMILES string of the molecule is Cc1ccccc1C(=O)Nc1ccc(C(=O)NNC(=O)Cc2ccc(Cl)cc2)cc1. The van der Waals surface area contributed by atoms with Crippen LogP contribution < -0.4 is 16.2 Å². The third-order valence-corrected chi connectivity index (χ3v) is 4.64. The largest absolute Gasteiger partial charge is 0.322 e. The molecule has 0 unspecified atom stereocenters. The number of nitrogens with one attached hydrogen (secondary N) is 3. The molecule has 0 spiro atoms. The summed E-state index contributed by atoms with van der Waals surface area (Å²) in [5.74, 6) is -1.04. The van der Waals surface area contributed by atoms with E-state index in [4.69, 9.17) is 11.6 Å². The second-order valence-corrected chi connectivity index (χ2v) is 7.09. The molecule has 0 fully saturated rings. The van der Waals surface area contributed by atoms with Crippen molar-refractivity contribution in [3.05, 3.63) is 100 Å². The number of rotatable bonds is 5. The first-order valence-corrected chi connectivity index (χ1v) is 9.61. The van der Waals surface area contributed by atoms with Crippen molar-refractivity contribution in [2.24, 2.45) is 0 Å². The summed E-state index contributed by atoms with van der Waals surface area (Å²) in [6.45, 7) is 1.86. The summed E-state index contributed by atoms with van der Waals surface area (Å²) in [6, 6.07) is 20.5. The average molecular weight is 422 g/mol. The van der Waals surface area contributed by atoms with E-state index in [0.29, 0.717) is 21.8 Å².